The van der Waals surface area contributed by atoms with Gasteiger partial charge in [-0.1, -0.05) is 6.07 Å². The molecule has 1 aromatic heterocycles. The zero-order valence-corrected chi connectivity index (χ0v) is 15.5. The van der Waals surface area contributed by atoms with Gasteiger partial charge in [-0.15, -0.1) is 11.3 Å². The molecule has 8 nitrogen and oxygen atoms in total. The van der Waals surface area contributed by atoms with Crippen LogP contribution < -0.4 is 10.6 Å². The predicted molar refractivity (Wildman–Crippen MR) is 95.6 cm³/mol. The van der Waals surface area contributed by atoms with Crippen molar-refractivity contribution in [1.82, 2.24) is 15.5 Å². The van der Waals surface area contributed by atoms with Gasteiger partial charge in [0, 0.05) is 19.6 Å². The summed E-state index contributed by atoms with van der Waals surface area (Å²) in [6, 6.07) is 3.62. The maximum absolute atomic E-state index is 12.3. The van der Waals surface area contributed by atoms with Crippen molar-refractivity contribution in [3.8, 4) is 0 Å². The molecule has 0 saturated carbocycles. The van der Waals surface area contributed by atoms with Crippen LogP contribution in [-0.4, -0.2) is 61.4 Å². The second kappa shape index (κ2) is 9.91. The van der Waals surface area contributed by atoms with Gasteiger partial charge in [-0.2, -0.15) is 0 Å². The molecule has 0 radical (unpaired) electrons. The van der Waals surface area contributed by atoms with Crippen LogP contribution in [0.4, 0.5) is 0 Å². The maximum atomic E-state index is 12.3. The fourth-order valence-electron chi connectivity index (χ4n) is 2.62. The fraction of sp³-hybridized carbons (Fsp3) is 0.529. The molecule has 1 saturated heterocycles. The minimum absolute atomic E-state index is 0.0171. The normalized spacial score (nSPS) is 14.6. The first-order valence-electron chi connectivity index (χ1n) is 8.54. The summed E-state index contributed by atoms with van der Waals surface area (Å²) < 4.78 is 5.02. The van der Waals surface area contributed by atoms with Gasteiger partial charge < -0.3 is 20.3 Å². The second-order valence-corrected chi connectivity index (χ2v) is 6.83. The Labute approximate surface area is 155 Å². The minimum Gasteiger partial charge on any atom is -0.455 e. The average molecular weight is 381 g/mol. The van der Waals surface area contributed by atoms with Gasteiger partial charge in [0.05, 0.1) is 17.3 Å². The molecule has 2 heterocycles. The summed E-state index contributed by atoms with van der Waals surface area (Å²) in [4.78, 5) is 49.6. The number of hydrogen-bond donors (Lipinski definition) is 2. The number of rotatable bonds is 7. The summed E-state index contributed by atoms with van der Waals surface area (Å²) in [6.07, 6.45) is 1.02. The molecule has 1 aliphatic rings. The van der Waals surface area contributed by atoms with Crippen LogP contribution in [0.15, 0.2) is 17.5 Å². The lowest BCUT2D eigenvalue weighted by Gasteiger charge is -2.30. The van der Waals surface area contributed by atoms with Crippen LogP contribution in [0.5, 0.6) is 0 Å². The molecule has 3 amide bonds. The molecule has 0 aromatic carbocycles. The highest BCUT2D eigenvalue weighted by Gasteiger charge is 2.29. The quantitative estimate of drug-likeness (QED) is 0.665. The van der Waals surface area contributed by atoms with Gasteiger partial charge in [0.15, 0.2) is 6.61 Å². The lowest BCUT2D eigenvalue weighted by molar-refractivity contribution is -0.153. The van der Waals surface area contributed by atoms with Crippen LogP contribution in [0.1, 0.15) is 29.4 Å². The topological polar surface area (TPSA) is 105 Å². The van der Waals surface area contributed by atoms with Crippen LogP contribution in [0.3, 0.4) is 0 Å². The third-order valence-electron chi connectivity index (χ3n) is 4.01. The largest absolute Gasteiger partial charge is 0.455 e. The molecule has 0 atom stereocenters. The minimum atomic E-state index is -0.519. The number of nitrogens with one attached hydrogen (secondary N) is 2. The van der Waals surface area contributed by atoms with Crippen molar-refractivity contribution < 1.29 is 23.9 Å². The zero-order valence-electron chi connectivity index (χ0n) is 14.7. The Kier molecular flexibility index (Phi) is 7.58. The van der Waals surface area contributed by atoms with E-state index in [2.05, 4.69) is 10.6 Å². The summed E-state index contributed by atoms with van der Waals surface area (Å²) in [7, 11) is 0. The first kappa shape index (κ1) is 19.9. The third kappa shape index (κ3) is 5.83. The monoisotopic (exact) mass is 381 g/mol. The van der Waals surface area contributed by atoms with Crippen molar-refractivity contribution in [3.05, 3.63) is 22.4 Å². The number of thiophene rings is 1. The van der Waals surface area contributed by atoms with E-state index in [1.54, 1.807) is 17.9 Å². The van der Waals surface area contributed by atoms with E-state index in [-0.39, 0.29) is 24.3 Å². The summed E-state index contributed by atoms with van der Waals surface area (Å²) >= 11 is 1.40. The Hall–Kier alpha value is -2.42. The molecule has 0 aliphatic carbocycles. The molecule has 1 aliphatic heterocycles. The second-order valence-electron chi connectivity index (χ2n) is 5.88. The fourth-order valence-corrected chi connectivity index (χ4v) is 3.31. The van der Waals surface area contributed by atoms with E-state index in [0.717, 1.165) is 0 Å². The van der Waals surface area contributed by atoms with E-state index in [0.29, 0.717) is 37.4 Å². The van der Waals surface area contributed by atoms with Crippen molar-refractivity contribution in [2.75, 3.05) is 32.8 Å². The molecule has 2 N–H and O–H groups in total. The smallest absolute Gasteiger partial charge is 0.309 e. The van der Waals surface area contributed by atoms with Crippen molar-refractivity contribution in [2.45, 2.75) is 19.8 Å². The molecule has 1 aromatic rings. The average Bonchev–Trinajstić information content (AvgIpc) is 3.19. The van der Waals surface area contributed by atoms with E-state index in [1.165, 1.54) is 11.3 Å². The lowest BCUT2D eigenvalue weighted by Crippen LogP contribution is -2.41. The Balaban J connectivity index is 1.67. The first-order valence-corrected chi connectivity index (χ1v) is 9.42. The van der Waals surface area contributed by atoms with E-state index >= 15 is 0 Å². The van der Waals surface area contributed by atoms with E-state index < -0.39 is 18.5 Å². The number of carbonyl (C=O) groups is 4. The number of esters is 1. The van der Waals surface area contributed by atoms with Gasteiger partial charge in [0.2, 0.25) is 5.91 Å². The van der Waals surface area contributed by atoms with Crippen LogP contribution in [0, 0.1) is 5.92 Å². The van der Waals surface area contributed by atoms with Gasteiger partial charge in [-0.25, -0.2) is 0 Å². The summed E-state index contributed by atoms with van der Waals surface area (Å²) in [5, 5.41) is 6.79. The molecule has 0 bridgehead atoms. The molecule has 0 unspecified atom stereocenters. The van der Waals surface area contributed by atoms with Gasteiger partial charge in [-0.05, 0) is 31.2 Å². The molecule has 2 rings (SSSR count). The van der Waals surface area contributed by atoms with Gasteiger partial charge in [-0.3, -0.25) is 19.2 Å². The van der Waals surface area contributed by atoms with Crippen molar-refractivity contribution >= 4 is 35.0 Å². The SMILES string of the molecule is CCNC(=O)CNC(=O)COC(=O)C1CCN(C(=O)c2cccs2)CC1. The highest BCUT2D eigenvalue weighted by atomic mass is 32.1. The number of nitrogens with zero attached hydrogens (tertiary/aromatic N) is 1. The van der Waals surface area contributed by atoms with Crippen LogP contribution in [-0.2, 0) is 19.1 Å². The first-order chi connectivity index (χ1) is 12.5. The predicted octanol–water partition coefficient (Wildman–Crippen LogP) is 0.396. The molecule has 26 heavy (non-hydrogen) atoms. The van der Waals surface area contributed by atoms with Crippen LogP contribution in [0.25, 0.3) is 0 Å². The molecule has 9 heteroatoms. The Morgan fingerprint density at radius 1 is 1.19 bits per heavy atom. The van der Waals surface area contributed by atoms with E-state index in [9.17, 15) is 19.2 Å². The van der Waals surface area contributed by atoms with Gasteiger partial charge >= 0.3 is 5.97 Å². The number of hydrogen-bond acceptors (Lipinski definition) is 6. The highest BCUT2D eigenvalue weighted by molar-refractivity contribution is 7.12. The van der Waals surface area contributed by atoms with E-state index in [1.807, 2.05) is 11.4 Å². The summed E-state index contributed by atoms with van der Waals surface area (Å²) in [5.74, 6) is -1.60. The number of ether oxygens (including phenoxy) is 1. The number of piperidine rings is 1. The maximum Gasteiger partial charge on any atom is 0.309 e. The Bertz CT molecular complexity index is 639. The Morgan fingerprint density at radius 3 is 2.54 bits per heavy atom. The van der Waals surface area contributed by atoms with Crippen molar-refractivity contribution in [2.24, 2.45) is 5.92 Å². The third-order valence-corrected chi connectivity index (χ3v) is 4.87. The molecule has 1 fully saturated rings. The summed E-state index contributed by atoms with van der Waals surface area (Å²) in [5.41, 5.74) is 0. The van der Waals surface area contributed by atoms with Crippen LogP contribution >= 0.6 is 11.3 Å². The molecule has 0 spiro atoms. The molecule has 142 valence electrons. The standard InChI is InChI=1S/C17H23N3O5S/c1-2-18-14(21)10-19-15(22)11-25-17(24)12-5-7-20(8-6-12)16(23)13-4-3-9-26-13/h3-4,9,12H,2,5-8,10-11H2,1H3,(H,18,21)(H,19,22). The molecular formula is C17H23N3O5S. The lowest BCUT2D eigenvalue weighted by atomic mass is 9.97. The number of likely N-dealkylation sites (N-methyl/N-ethyl adjacent to an activating group) is 1. The number of likely N-dealkylation sites (tertiary alicyclic amines) is 1. The highest BCUT2D eigenvalue weighted by Crippen LogP contribution is 2.21. The van der Waals surface area contributed by atoms with Gasteiger partial charge in [0.1, 0.15) is 0 Å². The van der Waals surface area contributed by atoms with Crippen molar-refractivity contribution in [3.63, 3.8) is 0 Å². The number of carbonyl (C=O) groups excluding carboxylic acids is 4. The van der Waals surface area contributed by atoms with Crippen molar-refractivity contribution in [1.29, 1.82) is 0 Å². The van der Waals surface area contributed by atoms with E-state index in [4.69, 9.17) is 4.74 Å². The number of amides is 3. The Morgan fingerprint density at radius 2 is 1.92 bits per heavy atom. The molecular weight excluding hydrogens is 358 g/mol. The van der Waals surface area contributed by atoms with Gasteiger partial charge in [0.25, 0.3) is 11.8 Å². The van der Waals surface area contributed by atoms with Crippen LogP contribution in [0.2, 0.25) is 0 Å². The summed E-state index contributed by atoms with van der Waals surface area (Å²) in [6.45, 7) is 2.68. The zero-order chi connectivity index (χ0) is 18.9.